The lowest BCUT2D eigenvalue weighted by molar-refractivity contribution is -0.384. The van der Waals surface area contributed by atoms with Crippen molar-refractivity contribution in [1.29, 1.82) is 0 Å². The fourth-order valence-electron chi connectivity index (χ4n) is 3.44. The molecule has 0 aliphatic heterocycles. The number of hydrogen-bond donors (Lipinski definition) is 2. The molecule has 0 heterocycles. The number of nitro benzene ring substituents is 1. The lowest BCUT2D eigenvalue weighted by Crippen LogP contribution is -2.19. The Kier molecular flexibility index (Phi) is 8.45. The van der Waals surface area contributed by atoms with Crippen molar-refractivity contribution >= 4 is 63.8 Å². The van der Waals surface area contributed by atoms with Gasteiger partial charge in [-0.05, 0) is 48.0 Å². The van der Waals surface area contributed by atoms with Crippen molar-refractivity contribution in [1.82, 2.24) is 0 Å². The van der Waals surface area contributed by atoms with Crippen molar-refractivity contribution < 1.29 is 14.5 Å². The molecule has 0 aliphatic rings. The summed E-state index contributed by atoms with van der Waals surface area (Å²) in [7, 11) is 0. The zero-order valence-electron chi connectivity index (χ0n) is 19.1. The SMILES string of the molecule is O=C(Nc1cccc(SC(C(=O)Nc2ccc(Cl)cc2Cl)c2ccccc2)c1)c1cccc([N+](=O)[O-])c1. The number of nitrogens with zero attached hydrogens (tertiary/aromatic N) is 1. The van der Waals surface area contributed by atoms with Crippen molar-refractivity contribution in [3.8, 4) is 0 Å². The molecule has 0 spiro atoms. The van der Waals surface area contributed by atoms with Gasteiger partial charge in [-0.2, -0.15) is 0 Å². The third-order valence-electron chi connectivity index (χ3n) is 5.19. The number of rotatable bonds is 8. The third-order valence-corrected chi connectivity index (χ3v) is 6.99. The number of hydrogen-bond acceptors (Lipinski definition) is 5. The molecule has 10 heteroatoms. The summed E-state index contributed by atoms with van der Waals surface area (Å²) in [5, 5.41) is 16.8. The molecular weight excluding hydrogens is 533 g/mol. The van der Waals surface area contributed by atoms with Crippen LogP contribution < -0.4 is 10.6 Å². The standard InChI is InChI=1S/C27H19Cl2N3O4S/c28-19-12-13-24(23(29)15-19)31-27(34)25(17-6-2-1-3-7-17)37-22-11-5-9-20(16-22)30-26(33)18-8-4-10-21(14-18)32(35)36/h1-16,25H,(H,30,33)(H,31,34). The second-order valence-corrected chi connectivity index (χ2v) is 9.83. The predicted octanol–water partition coefficient (Wildman–Crippen LogP) is 7.63. The average molecular weight is 552 g/mol. The third kappa shape index (κ3) is 6.89. The van der Waals surface area contributed by atoms with Gasteiger partial charge in [0.25, 0.3) is 11.6 Å². The van der Waals surface area contributed by atoms with Gasteiger partial charge in [0, 0.05) is 33.3 Å². The zero-order chi connectivity index (χ0) is 26.4. The summed E-state index contributed by atoms with van der Waals surface area (Å²) < 4.78 is 0. The van der Waals surface area contributed by atoms with Gasteiger partial charge < -0.3 is 10.6 Å². The van der Waals surface area contributed by atoms with Crippen LogP contribution in [0.4, 0.5) is 17.1 Å². The fraction of sp³-hybridized carbons (Fsp3) is 0.0370. The number of anilines is 2. The van der Waals surface area contributed by atoms with E-state index in [9.17, 15) is 19.7 Å². The van der Waals surface area contributed by atoms with Crippen LogP contribution in [0.15, 0.2) is 102 Å². The maximum absolute atomic E-state index is 13.3. The Balaban J connectivity index is 1.55. The quantitative estimate of drug-likeness (QED) is 0.133. The summed E-state index contributed by atoms with van der Waals surface area (Å²) in [5.41, 5.74) is 1.69. The molecule has 4 aromatic carbocycles. The van der Waals surface area contributed by atoms with Crippen molar-refractivity contribution in [2.45, 2.75) is 10.1 Å². The fourth-order valence-corrected chi connectivity index (χ4v) is 4.98. The van der Waals surface area contributed by atoms with E-state index in [1.165, 1.54) is 36.0 Å². The van der Waals surface area contributed by atoms with Crippen molar-refractivity contribution in [2.75, 3.05) is 10.6 Å². The first-order chi connectivity index (χ1) is 17.8. The van der Waals surface area contributed by atoms with Crippen LogP contribution in [0.2, 0.25) is 10.0 Å². The van der Waals surface area contributed by atoms with Gasteiger partial charge >= 0.3 is 0 Å². The van der Waals surface area contributed by atoms with Gasteiger partial charge in [-0.15, -0.1) is 11.8 Å². The Morgan fingerprint density at radius 3 is 2.32 bits per heavy atom. The van der Waals surface area contributed by atoms with Crippen LogP contribution >= 0.6 is 35.0 Å². The molecule has 7 nitrogen and oxygen atoms in total. The highest BCUT2D eigenvalue weighted by Gasteiger charge is 2.23. The summed E-state index contributed by atoms with van der Waals surface area (Å²) in [6.45, 7) is 0. The van der Waals surface area contributed by atoms with Crippen molar-refractivity contribution in [2.24, 2.45) is 0 Å². The highest BCUT2D eigenvalue weighted by molar-refractivity contribution is 8.00. The van der Waals surface area contributed by atoms with Gasteiger partial charge in [0.1, 0.15) is 5.25 Å². The molecule has 2 amide bonds. The van der Waals surface area contributed by atoms with Gasteiger partial charge in [0.2, 0.25) is 5.91 Å². The molecule has 0 aliphatic carbocycles. The molecule has 0 radical (unpaired) electrons. The molecule has 0 saturated carbocycles. The van der Waals surface area contributed by atoms with E-state index in [-0.39, 0.29) is 17.2 Å². The topological polar surface area (TPSA) is 101 Å². The maximum atomic E-state index is 13.3. The largest absolute Gasteiger partial charge is 0.323 e. The van der Waals surface area contributed by atoms with Gasteiger partial charge in [-0.1, -0.05) is 65.7 Å². The summed E-state index contributed by atoms with van der Waals surface area (Å²) in [4.78, 5) is 37.2. The molecule has 2 N–H and O–H groups in total. The Hall–Kier alpha value is -3.85. The van der Waals surface area contributed by atoms with E-state index in [0.29, 0.717) is 21.4 Å². The Bertz CT molecular complexity index is 1470. The smallest absolute Gasteiger partial charge is 0.270 e. The first kappa shape index (κ1) is 26.2. The summed E-state index contributed by atoms with van der Waals surface area (Å²) in [6.07, 6.45) is 0. The maximum Gasteiger partial charge on any atom is 0.270 e. The number of benzene rings is 4. The summed E-state index contributed by atoms with van der Waals surface area (Å²) >= 11 is 13.5. The lowest BCUT2D eigenvalue weighted by atomic mass is 10.1. The van der Waals surface area contributed by atoms with Crippen molar-refractivity contribution in [3.05, 3.63) is 128 Å². The molecule has 37 heavy (non-hydrogen) atoms. The van der Waals surface area contributed by atoms with Gasteiger partial charge in [-0.3, -0.25) is 19.7 Å². The minimum Gasteiger partial charge on any atom is -0.323 e. The van der Waals surface area contributed by atoms with E-state index in [4.69, 9.17) is 23.2 Å². The molecule has 0 bridgehead atoms. The van der Waals surface area contributed by atoms with E-state index in [2.05, 4.69) is 10.6 Å². The van der Waals surface area contributed by atoms with E-state index >= 15 is 0 Å². The van der Waals surface area contributed by atoms with Crippen LogP contribution in [0, 0.1) is 10.1 Å². The normalized spacial score (nSPS) is 11.4. The Morgan fingerprint density at radius 1 is 0.838 bits per heavy atom. The van der Waals surface area contributed by atoms with E-state index in [0.717, 1.165) is 10.5 Å². The monoisotopic (exact) mass is 551 g/mol. The first-order valence-electron chi connectivity index (χ1n) is 10.9. The number of carbonyl (C=O) groups excluding carboxylic acids is 2. The van der Waals surface area contributed by atoms with Crippen LogP contribution in [-0.2, 0) is 4.79 Å². The van der Waals surface area contributed by atoms with Crippen LogP contribution in [0.1, 0.15) is 21.2 Å². The van der Waals surface area contributed by atoms with Crippen molar-refractivity contribution in [3.63, 3.8) is 0 Å². The molecule has 0 aromatic heterocycles. The number of non-ortho nitro benzene ring substituents is 1. The summed E-state index contributed by atoms with van der Waals surface area (Å²) in [6, 6.07) is 26.6. The van der Waals surface area contributed by atoms with Crippen LogP contribution in [0.5, 0.6) is 0 Å². The molecule has 4 rings (SSSR count). The molecule has 186 valence electrons. The Morgan fingerprint density at radius 2 is 1.59 bits per heavy atom. The molecule has 0 saturated heterocycles. The molecular formula is C27H19Cl2N3O4S. The second-order valence-electron chi connectivity index (χ2n) is 7.81. The van der Waals surface area contributed by atoms with Gasteiger partial charge in [0.05, 0.1) is 15.6 Å². The van der Waals surface area contributed by atoms with Gasteiger partial charge in [0.15, 0.2) is 0 Å². The summed E-state index contributed by atoms with van der Waals surface area (Å²) in [5.74, 6) is -0.771. The number of nitrogens with one attached hydrogen (secondary N) is 2. The van der Waals surface area contributed by atoms with Crippen LogP contribution in [-0.4, -0.2) is 16.7 Å². The second kappa shape index (κ2) is 11.9. The van der Waals surface area contributed by atoms with E-state index < -0.39 is 16.1 Å². The number of halogens is 2. The first-order valence-corrected chi connectivity index (χ1v) is 12.6. The van der Waals surface area contributed by atoms with Crippen LogP contribution in [0.3, 0.4) is 0 Å². The van der Waals surface area contributed by atoms with Gasteiger partial charge in [-0.25, -0.2) is 0 Å². The average Bonchev–Trinajstić information content (AvgIpc) is 2.89. The zero-order valence-corrected chi connectivity index (χ0v) is 21.4. The number of nitro groups is 1. The molecule has 0 fully saturated rings. The number of amides is 2. The minimum atomic E-state index is -0.629. The predicted molar refractivity (Wildman–Crippen MR) is 148 cm³/mol. The lowest BCUT2D eigenvalue weighted by Gasteiger charge is -2.18. The Labute approximate surface area is 227 Å². The number of carbonyl (C=O) groups is 2. The van der Waals surface area contributed by atoms with Crippen LogP contribution in [0.25, 0.3) is 0 Å². The minimum absolute atomic E-state index is 0.161. The molecule has 1 atom stereocenters. The molecule has 4 aromatic rings. The highest BCUT2D eigenvalue weighted by atomic mass is 35.5. The number of thioether (sulfide) groups is 1. The van der Waals surface area contributed by atoms with E-state index in [1.807, 2.05) is 36.4 Å². The highest BCUT2D eigenvalue weighted by Crippen LogP contribution is 2.38. The molecule has 1 unspecified atom stereocenters. The van der Waals surface area contributed by atoms with E-state index in [1.54, 1.807) is 36.4 Å².